The van der Waals surface area contributed by atoms with Crippen LogP contribution in [0.3, 0.4) is 0 Å². The summed E-state index contributed by atoms with van der Waals surface area (Å²) in [4.78, 5) is 18.6. The second-order valence-corrected chi connectivity index (χ2v) is 11.2. The molecule has 1 saturated heterocycles. The fourth-order valence-electron chi connectivity index (χ4n) is 4.05. The van der Waals surface area contributed by atoms with E-state index in [4.69, 9.17) is 9.47 Å². The first-order valence-corrected chi connectivity index (χ1v) is 14.0. The second-order valence-electron chi connectivity index (χ2n) is 9.14. The number of rotatable bonds is 9. The van der Waals surface area contributed by atoms with Crippen LogP contribution in [0.5, 0.6) is 11.5 Å². The van der Waals surface area contributed by atoms with Crippen LogP contribution in [0.15, 0.2) is 66.1 Å². The van der Waals surface area contributed by atoms with Gasteiger partial charge in [0.25, 0.3) is 5.91 Å². The molecule has 8 heteroatoms. The van der Waals surface area contributed by atoms with E-state index in [0.717, 1.165) is 55.6 Å². The van der Waals surface area contributed by atoms with Crippen LogP contribution in [0.25, 0.3) is 17.0 Å². The largest absolute Gasteiger partial charge is 0.489 e. The molecule has 3 aromatic rings. The summed E-state index contributed by atoms with van der Waals surface area (Å²) in [7, 11) is -3.30. The van der Waals surface area contributed by atoms with Crippen LogP contribution in [0.1, 0.15) is 49.2 Å². The smallest absolute Gasteiger partial charge is 0.254 e. The van der Waals surface area contributed by atoms with Crippen molar-refractivity contribution >= 4 is 21.5 Å². The number of hydrogen-bond acceptors (Lipinski definition) is 5. The summed E-state index contributed by atoms with van der Waals surface area (Å²) in [6.45, 7) is 9.56. The van der Waals surface area contributed by atoms with Gasteiger partial charge in [0.1, 0.15) is 17.3 Å². The Morgan fingerprint density at radius 1 is 1.06 bits per heavy atom. The Balaban J connectivity index is 1.66. The maximum absolute atomic E-state index is 13.2. The lowest BCUT2D eigenvalue weighted by Crippen LogP contribution is -2.27. The van der Waals surface area contributed by atoms with Gasteiger partial charge >= 0.3 is 0 Å². The van der Waals surface area contributed by atoms with Gasteiger partial charge in [-0.3, -0.25) is 4.79 Å². The van der Waals surface area contributed by atoms with E-state index in [1.54, 1.807) is 18.2 Å². The van der Waals surface area contributed by atoms with Crippen molar-refractivity contribution in [2.45, 2.75) is 44.1 Å². The van der Waals surface area contributed by atoms with Gasteiger partial charge in [-0.15, -0.1) is 0 Å². The van der Waals surface area contributed by atoms with E-state index < -0.39 is 9.84 Å². The number of nitrogens with zero attached hydrogens (tertiary/aromatic N) is 1. The highest BCUT2D eigenvalue weighted by Crippen LogP contribution is 2.31. The molecule has 0 radical (unpaired) electrons. The zero-order chi connectivity index (χ0) is 25.9. The predicted octanol–water partition coefficient (Wildman–Crippen LogP) is 5.90. The SMILES string of the molecule is C=C(OC(C)CC)c1ccc(-c2cc(Oc3ccc(S(C)(=O)=O)cc3)cc(C(=O)N3CCCC3)c2)[nH]1. The summed E-state index contributed by atoms with van der Waals surface area (Å²) >= 11 is 0. The van der Waals surface area contributed by atoms with Crippen molar-refractivity contribution in [3.63, 3.8) is 0 Å². The molecule has 2 heterocycles. The second kappa shape index (κ2) is 10.6. The molecule has 0 bridgehead atoms. The van der Waals surface area contributed by atoms with Crippen molar-refractivity contribution < 1.29 is 22.7 Å². The summed E-state index contributed by atoms with van der Waals surface area (Å²) in [5.74, 6) is 1.47. The van der Waals surface area contributed by atoms with Gasteiger partial charge in [0.15, 0.2) is 9.84 Å². The third-order valence-corrected chi connectivity index (χ3v) is 7.38. The molecule has 36 heavy (non-hydrogen) atoms. The number of H-pyrrole nitrogens is 1. The van der Waals surface area contributed by atoms with Crippen LogP contribution in [-0.2, 0) is 14.6 Å². The Morgan fingerprint density at radius 3 is 2.39 bits per heavy atom. The Hall–Kier alpha value is -3.52. The quantitative estimate of drug-likeness (QED) is 0.364. The van der Waals surface area contributed by atoms with Crippen molar-refractivity contribution in [1.82, 2.24) is 9.88 Å². The van der Waals surface area contributed by atoms with Crippen molar-refractivity contribution in [1.29, 1.82) is 0 Å². The number of carbonyl (C=O) groups excluding carboxylic acids is 1. The number of carbonyl (C=O) groups is 1. The topological polar surface area (TPSA) is 88.7 Å². The van der Waals surface area contributed by atoms with Gasteiger partial charge in [0.2, 0.25) is 0 Å². The molecule has 1 fully saturated rings. The minimum atomic E-state index is -3.30. The summed E-state index contributed by atoms with van der Waals surface area (Å²) < 4.78 is 35.5. The molecule has 1 N–H and O–H groups in total. The molecule has 1 amide bonds. The Morgan fingerprint density at radius 2 is 1.75 bits per heavy atom. The zero-order valence-corrected chi connectivity index (χ0v) is 21.7. The number of aromatic amines is 1. The number of likely N-dealkylation sites (tertiary alicyclic amines) is 1. The number of ether oxygens (including phenoxy) is 2. The number of hydrogen-bond donors (Lipinski definition) is 1. The highest BCUT2D eigenvalue weighted by atomic mass is 32.2. The molecule has 4 rings (SSSR count). The number of benzene rings is 2. The molecule has 190 valence electrons. The van der Waals surface area contributed by atoms with Crippen LogP contribution in [-0.4, -0.2) is 49.7 Å². The standard InChI is InChI=1S/C28H32N2O5S/c1-5-19(2)34-20(3)26-12-13-27(29-26)21-16-22(28(31)30-14-6-7-15-30)18-24(17-21)35-23-8-10-25(11-9-23)36(4,32)33/h8-13,16-19,29H,3,5-7,14-15H2,1-2,4H3. The van der Waals surface area contributed by atoms with E-state index in [-0.39, 0.29) is 16.9 Å². The number of aromatic nitrogens is 1. The third-order valence-electron chi connectivity index (χ3n) is 6.25. The Kier molecular flexibility index (Phi) is 7.54. The summed E-state index contributed by atoms with van der Waals surface area (Å²) in [6, 6.07) is 15.5. The molecule has 1 atom stereocenters. The van der Waals surface area contributed by atoms with E-state index in [1.807, 2.05) is 36.1 Å². The van der Waals surface area contributed by atoms with Gasteiger partial charge in [0, 0.05) is 36.2 Å². The Labute approximate surface area is 212 Å². The van der Waals surface area contributed by atoms with Crippen LogP contribution >= 0.6 is 0 Å². The molecule has 1 aliphatic heterocycles. The molecule has 7 nitrogen and oxygen atoms in total. The molecule has 2 aromatic carbocycles. The van der Waals surface area contributed by atoms with E-state index in [1.165, 1.54) is 12.1 Å². The maximum atomic E-state index is 13.2. The van der Waals surface area contributed by atoms with Gasteiger partial charge < -0.3 is 19.4 Å². The van der Waals surface area contributed by atoms with E-state index >= 15 is 0 Å². The van der Waals surface area contributed by atoms with Gasteiger partial charge in [-0.1, -0.05) is 13.5 Å². The van der Waals surface area contributed by atoms with E-state index in [9.17, 15) is 13.2 Å². The average molecular weight is 509 g/mol. The summed E-state index contributed by atoms with van der Waals surface area (Å²) in [6.07, 6.45) is 4.09. The predicted molar refractivity (Wildman–Crippen MR) is 141 cm³/mol. The fraction of sp³-hybridized carbons (Fsp3) is 0.321. The lowest BCUT2D eigenvalue weighted by atomic mass is 10.1. The third kappa shape index (κ3) is 5.99. The Bertz CT molecular complexity index is 1350. The van der Waals surface area contributed by atoms with Gasteiger partial charge in [-0.25, -0.2) is 8.42 Å². The zero-order valence-electron chi connectivity index (χ0n) is 20.9. The van der Waals surface area contributed by atoms with Crippen LogP contribution in [0, 0.1) is 0 Å². The monoisotopic (exact) mass is 508 g/mol. The van der Waals surface area contributed by atoms with Crippen LogP contribution in [0.4, 0.5) is 0 Å². The van der Waals surface area contributed by atoms with Gasteiger partial charge in [-0.2, -0.15) is 0 Å². The van der Waals surface area contributed by atoms with E-state index in [0.29, 0.717) is 22.8 Å². The summed E-state index contributed by atoms with van der Waals surface area (Å²) in [5, 5.41) is 0. The lowest BCUT2D eigenvalue weighted by Gasteiger charge is -2.17. The molecule has 1 aliphatic rings. The molecule has 0 saturated carbocycles. The first-order valence-electron chi connectivity index (χ1n) is 12.1. The number of sulfone groups is 1. The number of nitrogens with one attached hydrogen (secondary N) is 1. The van der Waals surface area contributed by atoms with Crippen molar-refractivity contribution in [2.75, 3.05) is 19.3 Å². The molecule has 1 unspecified atom stereocenters. The van der Waals surface area contributed by atoms with Crippen LogP contribution < -0.4 is 4.74 Å². The first-order chi connectivity index (χ1) is 17.1. The fourth-order valence-corrected chi connectivity index (χ4v) is 4.68. The maximum Gasteiger partial charge on any atom is 0.254 e. The van der Waals surface area contributed by atoms with Crippen molar-refractivity contribution in [3.8, 4) is 22.8 Å². The summed E-state index contributed by atoms with van der Waals surface area (Å²) in [5.41, 5.74) is 2.88. The first kappa shape index (κ1) is 25.6. The average Bonchev–Trinajstić information content (AvgIpc) is 3.56. The number of amides is 1. The molecular formula is C28H32N2O5S. The van der Waals surface area contributed by atoms with Crippen molar-refractivity contribution in [2.24, 2.45) is 0 Å². The minimum Gasteiger partial charge on any atom is -0.489 e. The van der Waals surface area contributed by atoms with E-state index in [2.05, 4.69) is 18.5 Å². The highest BCUT2D eigenvalue weighted by molar-refractivity contribution is 7.90. The molecular weight excluding hydrogens is 476 g/mol. The van der Waals surface area contributed by atoms with Crippen LogP contribution in [0.2, 0.25) is 0 Å². The van der Waals surface area contributed by atoms with Gasteiger partial charge in [0.05, 0.1) is 16.7 Å². The van der Waals surface area contributed by atoms with Crippen molar-refractivity contribution in [3.05, 3.63) is 72.4 Å². The van der Waals surface area contributed by atoms with Gasteiger partial charge in [-0.05, 0) is 80.8 Å². The molecule has 1 aromatic heterocycles. The normalized spacial score (nSPS) is 14.5. The molecule has 0 spiro atoms. The minimum absolute atomic E-state index is 0.0390. The molecule has 0 aliphatic carbocycles. The highest BCUT2D eigenvalue weighted by Gasteiger charge is 2.21. The lowest BCUT2D eigenvalue weighted by molar-refractivity contribution is 0.0792.